The lowest BCUT2D eigenvalue weighted by atomic mass is 10.0. The monoisotopic (exact) mass is 326 g/mol. The molecule has 1 aliphatic rings. The van der Waals surface area contributed by atoms with Crippen LogP contribution >= 0.6 is 23.2 Å². The molecule has 21 heavy (non-hydrogen) atoms. The SMILES string of the molecule is CCCN1CCC(n2c(N)nc3cc(Cl)c(Cl)cc32)CC1. The van der Waals surface area contributed by atoms with Crippen LogP contribution in [0.5, 0.6) is 0 Å². The second-order valence-corrected chi connectivity index (χ2v) is 6.48. The highest BCUT2D eigenvalue weighted by molar-refractivity contribution is 6.42. The minimum Gasteiger partial charge on any atom is -0.369 e. The number of likely N-dealkylation sites (tertiary alicyclic amines) is 1. The number of nitrogen functional groups attached to an aromatic ring is 1. The third-order valence-electron chi connectivity index (χ3n) is 4.22. The van der Waals surface area contributed by atoms with Crippen LogP contribution in [-0.2, 0) is 0 Å². The van der Waals surface area contributed by atoms with E-state index in [-0.39, 0.29) is 0 Å². The van der Waals surface area contributed by atoms with Crippen molar-refractivity contribution in [1.29, 1.82) is 0 Å². The second kappa shape index (κ2) is 6.03. The van der Waals surface area contributed by atoms with Crippen LogP contribution in [-0.4, -0.2) is 34.1 Å². The van der Waals surface area contributed by atoms with E-state index in [4.69, 9.17) is 28.9 Å². The van der Waals surface area contributed by atoms with Gasteiger partial charge in [-0.05, 0) is 37.9 Å². The molecule has 0 bridgehead atoms. The smallest absolute Gasteiger partial charge is 0.201 e. The van der Waals surface area contributed by atoms with Crippen molar-refractivity contribution in [3.05, 3.63) is 22.2 Å². The number of hydrogen-bond donors (Lipinski definition) is 1. The van der Waals surface area contributed by atoms with E-state index >= 15 is 0 Å². The molecule has 4 nitrogen and oxygen atoms in total. The zero-order chi connectivity index (χ0) is 15.0. The van der Waals surface area contributed by atoms with Crippen molar-refractivity contribution in [2.45, 2.75) is 32.2 Å². The van der Waals surface area contributed by atoms with Crippen LogP contribution in [0.25, 0.3) is 11.0 Å². The molecular weight excluding hydrogens is 307 g/mol. The summed E-state index contributed by atoms with van der Waals surface area (Å²) in [5.41, 5.74) is 7.93. The number of rotatable bonds is 3. The van der Waals surface area contributed by atoms with Gasteiger partial charge in [-0.25, -0.2) is 4.98 Å². The van der Waals surface area contributed by atoms with Crippen LogP contribution in [0.2, 0.25) is 10.0 Å². The first kappa shape index (κ1) is 14.9. The number of nitrogens with zero attached hydrogens (tertiary/aromatic N) is 3. The molecule has 1 saturated heterocycles. The van der Waals surface area contributed by atoms with Gasteiger partial charge in [0.2, 0.25) is 5.95 Å². The maximum Gasteiger partial charge on any atom is 0.201 e. The van der Waals surface area contributed by atoms with E-state index in [0.29, 0.717) is 22.0 Å². The van der Waals surface area contributed by atoms with Gasteiger partial charge in [0, 0.05) is 19.1 Å². The van der Waals surface area contributed by atoms with E-state index in [2.05, 4.69) is 21.4 Å². The van der Waals surface area contributed by atoms with Crippen LogP contribution in [0.1, 0.15) is 32.2 Å². The Morgan fingerprint density at radius 1 is 1.24 bits per heavy atom. The first-order valence-corrected chi connectivity index (χ1v) is 8.20. The van der Waals surface area contributed by atoms with Crippen molar-refractivity contribution in [3.63, 3.8) is 0 Å². The van der Waals surface area contributed by atoms with Crippen molar-refractivity contribution in [1.82, 2.24) is 14.5 Å². The van der Waals surface area contributed by atoms with Crippen LogP contribution in [0.3, 0.4) is 0 Å². The highest BCUT2D eigenvalue weighted by Crippen LogP contribution is 2.33. The average molecular weight is 327 g/mol. The van der Waals surface area contributed by atoms with Crippen molar-refractivity contribution < 1.29 is 0 Å². The van der Waals surface area contributed by atoms with Crippen molar-refractivity contribution in [2.75, 3.05) is 25.4 Å². The largest absolute Gasteiger partial charge is 0.369 e. The third-order valence-corrected chi connectivity index (χ3v) is 4.94. The van der Waals surface area contributed by atoms with Gasteiger partial charge < -0.3 is 15.2 Å². The molecule has 0 saturated carbocycles. The summed E-state index contributed by atoms with van der Waals surface area (Å²) in [5.74, 6) is 0.553. The van der Waals surface area contributed by atoms with E-state index in [0.717, 1.165) is 37.0 Å². The van der Waals surface area contributed by atoms with Gasteiger partial charge in [-0.3, -0.25) is 0 Å². The number of benzene rings is 1. The summed E-state index contributed by atoms with van der Waals surface area (Å²) in [6, 6.07) is 4.06. The zero-order valence-electron chi connectivity index (χ0n) is 12.1. The minimum atomic E-state index is 0.389. The molecule has 1 aromatic carbocycles. The van der Waals surface area contributed by atoms with E-state index in [1.807, 2.05) is 6.07 Å². The molecule has 1 aliphatic heterocycles. The molecule has 0 aliphatic carbocycles. The number of aromatic nitrogens is 2. The predicted molar refractivity (Wildman–Crippen MR) is 89.2 cm³/mol. The number of hydrogen-bond acceptors (Lipinski definition) is 3. The zero-order valence-corrected chi connectivity index (χ0v) is 13.7. The average Bonchev–Trinajstić information content (AvgIpc) is 2.76. The first-order chi connectivity index (χ1) is 10.1. The molecule has 114 valence electrons. The van der Waals surface area contributed by atoms with Gasteiger partial charge in [-0.2, -0.15) is 0 Å². The van der Waals surface area contributed by atoms with Crippen molar-refractivity contribution in [2.24, 2.45) is 0 Å². The summed E-state index contributed by atoms with van der Waals surface area (Å²) in [6.07, 6.45) is 3.39. The van der Waals surface area contributed by atoms with E-state index < -0.39 is 0 Å². The Balaban J connectivity index is 1.90. The van der Waals surface area contributed by atoms with E-state index in [1.54, 1.807) is 6.07 Å². The molecule has 1 aromatic heterocycles. The van der Waals surface area contributed by atoms with Crippen LogP contribution in [0.15, 0.2) is 12.1 Å². The lowest BCUT2D eigenvalue weighted by Crippen LogP contribution is -2.35. The summed E-state index contributed by atoms with van der Waals surface area (Å²) in [7, 11) is 0. The number of piperidine rings is 1. The van der Waals surface area contributed by atoms with Gasteiger partial charge in [-0.1, -0.05) is 30.1 Å². The summed E-state index contributed by atoms with van der Waals surface area (Å²) in [6.45, 7) is 5.62. The molecule has 0 spiro atoms. The van der Waals surface area contributed by atoms with Gasteiger partial charge in [0.25, 0.3) is 0 Å². The van der Waals surface area contributed by atoms with Gasteiger partial charge >= 0.3 is 0 Å². The fourth-order valence-electron chi connectivity index (χ4n) is 3.21. The Morgan fingerprint density at radius 3 is 2.57 bits per heavy atom. The number of halogens is 2. The summed E-state index contributed by atoms with van der Waals surface area (Å²) < 4.78 is 2.13. The molecule has 0 unspecified atom stereocenters. The highest BCUT2D eigenvalue weighted by atomic mass is 35.5. The van der Waals surface area contributed by atoms with E-state index in [1.165, 1.54) is 13.0 Å². The quantitative estimate of drug-likeness (QED) is 0.928. The van der Waals surface area contributed by atoms with E-state index in [9.17, 15) is 0 Å². The number of fused-ring (bicyclic) bond motifs is 1. The van der Waals surface area contributed by atoms with Crippen molar-refractivity contribution >= 4 is 40.2 Å². The van der Waals surface area contributed by atoms with Gasteiger partial charge in [-0.15, -0.1) is 0 Å². The summed E-state index contributed by atoms with van der Waals surface area (Å²) >= 11 is 12.2. The Bertz CT molecular complexity index is 645. The molecule has 2 heterocycles. The fraction of sp³-hybridized carbons (Fsp3) is 0.533. The van der Waals surface area contributed by atoms with Crippen LogP contribution in [0, 0.1) is 0 Å². The normalized spacial score (nSPS) is 17.7. The lowest BCUT2D eigenvalue weighted by molar-refractivity contribution is 0.189. The lowest BCUT2D eigenvalue weighted by Gasteiger charge is -2.33. The van der Waals surface area contributed by atoms with Gasteiger partial charge in [0.05, 0.1) is 21.1 Å². The fourth-order valence-corrected chi connectivity index (χ4v) is 3.53. The molecule has 2 N–H and O–H groups in total. The Hall–Kier alpha value is -0.970. The summed E-state index contributed by atoms with van der Waals surface area (Å²) in [5, 5.41) is 1.07. The van der Waals surface area contributed by atoms with Crippen molar-refractivity contribution in [3.8, 4) is 0 Å². The minimum absolute atomic E-state index is 0.389. The molecule has 2 aromatic rings. The second-order valence-electron chi connectivity index (χ2n) is 5.67. The third kappa shape index (κ3) is 2.85. The maximum atomic E-state index is 6.15. The Labute approximate surface area is 134 Å². The predicted octanol–water partition coefficient (Wildman–Crippen LogP) is 3.97. The molecule has 1 fully saturated rings. The van der Waals surface area contributed by atoms with Crippen LogP contribution < -0.4 is 5.73 Å². The standard InChI is InChI=1S/C15H20Cl2N4/c1-2-5-20-6-3-10(4-7-20)21-14-9-12(17)11(16)8-13(14)19-15(21)18/h8-10H,2-7H2,1H3,(H2,18,19). The topological polar surface area (TPSA) is 47.1 Å². The molecule has 6 heteroatoms. The number of anilines is 1. The highest BCUT2D eigenvalue weighted by Gasteiger charge is 2.23. The number of nitrogens with two attached hydrogens (primary N) is 1. The molecule has 3 rings (SSSR count). The Kier molecular flexibility index (Phi) is 4.29. The molecule has 0 radical (unpaired) electrons. The summed E-state index contributed by atoms with van der Waals surface area (Å²) in [4.78, 5) is 6.94. The Morgan fingerprint density at radius 2 is 1.90 bits per heavy atom. The van der Waals surface area contributed by atoms with Gasteiger partial charge in [0.15, 0.2) is 0 Å². The van der Waals surface area contributed by atoms with Crippen LogP contribution in [0.4, 0.5) is 5.95 Å². The first-order valence-electron chi connectivity index (χ1n) is 7.45. The number of imidazole rings is 1. The van der Waals surface area contributed by atoms with Gasteiger partial charge in [0.1, 0.15) is 0 Å². The molecule has 0 amide bonds. The molecule has 0 atom stereocenters. The maximum absolute atomic E-state index is 6.15. The molecular formula is C15H20Cl2N4.